The summed E-state index contributed by atoms with van der Waals surface area (Å²) in [6.07, 6.45) is 0.888. The minimum Gasteiger partial charge on any atom is -0.497 e. The summed E-state index contributed by atoms with van der Waals surface area (Å²) in [5.41, 5.74) is -0.0929. The van der Waals surface area contributed by atoms with Crippen LogP contribution in [0.15, 0.2) is 24.3 Å². The molecule has 0 saturated heterocycles. The molecule has 0 saturated carbocycles. The van der Waals surface area contributed by atoms with Crippen LogP contribution in [-0.2, 0) is 9.53 Å². The maximum atomic E-state index is 12.0. The van der Waals surface area contributed by atoms with Gasteiger partial charge in [0.1, 0.15) is 11.4 Å². The quantitative estimate of drug-likeness (QED) is 0.845. The monoisotopic (exact) mass is 251 g/mol. The van der Waals surface area contributed by atoms with E-state index in [4.69, 9.17) is 9.47 Å². The number of hydrogen-bond donors (Lipinski definition) is 1. The third-order valence-corrected chi connectivity index (χ3v) is 2.56. The zero-order chi connectivity index (χ0) is 13.6. The largest absolute Gasteiger partial charge is 0.497 e. The van der Waals surface area contributed by atoms with E-state index >= 15 is 0 Å². The molecular weight excluding hydrogens is 230 g/mol. The first kappa shape index (κ1) is 14.5. The third kappa shape index (κ3) is 4.04. The first-order chi connectivity index (χ1) is 8.49. The van der Waals surface area contributed by atoms with Gasteiger partial charge < -0.3 is 14.8 Å². The van der Waals surface area contributed by atoms with Crippen LogP contribution in [-0.4, -0.2) is 25.2 Å². The number of anilines is 1. The Hall–Kier alpha value is -1.55. The number of methoxy groups -OCH3 is 1. The van der Waals surface area contributed by atoms with E-state index in [9.17, 15) is 4.79 Å². The van der Waals surface area contributed by atoms with Crippen molar-refractivity contribution in [2.24, 2.45) is 0 Å². The Bertz CT molecular complexity index is 385. The van der Waals surface area contributed by atoms with Crippen LogP contribution in [0.1, 0.15) is 27.2 Å². The standard InChI is InChI=1S/C14H21NO3/c1-5-10-18-14(2,3)13(16)15-11-6-8-12(17-4)9-7-11/h6-9H,5,10H2,1-4H3,(H,15,16). The van der Waals surface area contributed by atoms with Crippen molar-refractivity contribution in [3.63, 3.8) is 0 Å². The van der Waals surface area contributed by atoms with Gasteiger partial charge >= 0.3 is 0 Å². The molecule has 4 heteroatoms. The van der Waals surface area contributed by atoms with Crippen LogP contribution in [0, 0.1) is 0 Å². The van der Waals surface area contributed by atoms with Gasteiger partial charge in [-0.05, 0) is 44.5 Å². The van der Waals surface area contributed by atoms with Gasteiger partial charge in [-0.25, -0.2) is 0 Å². The summed E-state index contributed by atoms with van der Waals surface area (Å²) in [5.74, 6) is 0.607. The van der Waals surface area contributed by atoms with E-state index in [2.05, 4.69) is 5.32 Å². The van der Waals surface area contributed by atoms with E-state index in [0.717, 1.165) is 17.9 Å². The maximum absolute atomic E-state index is 12.0. The average Bonchev–Trinajstić information content (AvgIpc) is 2.37. The number of benzene rings is 1. The molecule has 1 aromatic rings. The molecule has 0 fully saturated rings. The number of hydrogen-bond acceptors (Lipinski definition) is 3. The zero-order valence-corrected chi connectivity index (χ0v) is 11.4. The Balaban J connectivity index is 2.62. The fourth-order valence-electron chi connectivity index (χ4n) is 1.38. The second-order valence-electron chi connectivity index (χ2n) is 4.54. The minimum atomic E-state index is -0.823. The number of ether oxygens (including phenoxy) is 2. The zero-order valence-electron chi connectivity index (χ0n) is 11.4. The lowest BCUT2D eigenvalue weighted by Crippen LogP contribution is -2.40. The van der Waals surface area contributed by atoms with Crippen molar-refractivity contribution in [3.05, 3.63) is 24.3 Å². The van der Waals surface area contributed by atoms with Crippen molar-refractivity contribution in [1.82, 2.24) is 0 Å². The topological polar surface area (TPSA) is 47.6 Å². The van der Waals surface area contributed by atoms with Crippen LogP contribution in [0.25, 0.3) is 0 Å². The van der Waals surface area contributed by atoms with Gasteiger partial charge in [0, 0.05) is 12.3 Å². The second-order valence-corrected chi connectivity index (χ2v) is 4.54. The van der Waals surface area contributed by atoms with Gasteiger partial charge in [0.15, 0.2) is 0 Å². The van der Waals surface area contributed by atoms with Gasteiger partial charge in [0.2, 0.25) is 0 Å². The lowest BCUT2D eigenvalue weighted by Gasteiger charge is -2.24. The van der Waals surface area contributed by atoms with Crippen LogP contribution in [0.2, 0.25) is 0 Å². The van der Waals surface area contributed by atoms with Gasteiger partial charge in [-0.2, -0.15) is 0 Å². The highest BCUT2D eigenvalue weighted by Crippen LogP contribution is 2.18. The molecule has 0 bridgehead atoms. The minimum absolute atomic E-state index is 0.152. The summed E-state index contributed by atoms with van der Waals surface area (Å²) in [4.78, 5) is 12.0. The highest BCUT2D eigenvalue weighted by atomic mass is 16.5. The van der Waals surface area contributed by atoms with Crippen molar-refractivity contribution in [2.45, 2.75) is 32.8 Å². The van der Waals surface area contributed by atoms with Gasteiger partial charge in [-0.3, -0.25) is 4.79 Å². The fraction of sp³-hybridized carbons (Fsp3) is 0.500. The fourth-order valence-corrected chi connectivity index (χ4v) is 1.38. The van der Waals surface area contributed by atoms with Crippen LogP contribution in [0.4, 0.5) is 5.69 Å². The molecule has 1 N–H and O–H groups in total. The Morgan fingerprint density at radius 3 is 2.39 bits per heavy atom. The number of carbonyl (C=O) groups is 1. The number of amides is 1. The summed E-state index contributed by atoms with van der Waals surface area (Å²) < 4.78 is 10.6. The first-order valence-corrected chi connectivity index (χ1v) is 6.09. The lowest BCUT2D eigenvalue weighted by molar-refractivity contribution is -0.137. The molecule has 4 nitrogen and oxygen atoms in total. The van der Waals surface area contributed by atoms with E-state index in [1.165, 1.54) is 0 Å². The van der Waals surface area contributed by atoms with Gasteiger partial charge in [-0.1, -0.05) is 6.92 Å². The van der Waals surface area contributed by atoms with Crippen molar-refractivity contribution >= 4 is 11.6 Å². The Labute approximate surface area is 108 Å². The third-order valence-electron chi connectivity index (χ3n) is 2.56. The Morgan fingerprint density at radius 1 is 1.28 bits per heavy atom. The predicted octanol–water partition coefficient (Wildman–Crippen LogP) is 2.84. The van der Waals surface area contributed by atoms with E-state index in [-0.39, 0.29) is 5.91 Å². The van der Waals surface area contributed by atoms with E-state index < -0.39 is 5.60 Å². The van der Waals surface area contributed by atoms with Crippen LogP contribution >= 0.6 is 0 Å². The van der Waals surface area contributed by atoms with Crippen LogP contribution in [0.3, 0.4) is 0 Å². The summed E-state index contributed by atoms with van der Waals surface area (Å²) in [6, 6.07) is 7.20. The summed E-state index contributed by atoms with van der Waals surface area (Å²) in [6.45, 7) is 6.11. The molecule has 1 amide bonds. The molecule has 0 unspecified atom stereocenters. The van der Waals surface area contributed by atoms with E-state index in [1.54, 1.807) is 45.2 Å². The molecule has 0 aliphatic rings. The van der Waals surface area contributed by atoms with E-state index in [1.807, 2.05) is 6.92 Å². The molecule has 0 aliphatic heterocycles. The smallest absolute Gasteiger partial charge is 0.256 e. The van der Waals surface area contributed by atoms with Crippen molar-refractivity contribution in [3.8, 4) is 5.75 Å². The van der Waals surface area contributed by atoms with Gasteiger partial charge in [0.25, 0.3) is 5.91 Å². The lowest BCUT2D eigenvalue weighted by atomic mass is 10.1. The molecule has 0 aromatic heterocycles. The summed E-state index contributed by atoms with van der Waals surface area (Å²) in [5, 5.41) is 2.82. The van der Waals surface area contributed by atoms with Crippen molar-refractivity contribution < 1.29 is 14.3 Å². The molecule has 18 heavy (non-hydrogen) atoms. The SMILES string of the molecule is CCCOC(C)(C)C(=O)Nc1ccc(OC)cc1. The molecule has 0 aliphatic carbocycles. The Morgan fingerprint density at radius 2 is 1.89 bits per heavy atom. The van der Waals surface area contributed by atoms with Crippen molar-refractivity contribution in [1.29, 1.82) is 0 Å². The van der Waals surface area contributed by atoms with Crippen molar-refractivity contribution in [2.75, 3.05) is 19.0 Å². The summed E-state index contributed by atoms with van der Waals surface area (Å²) in [7, 11) is 1.61. The normalized spacial score (nSPS) is 11.1. The molecule has 100 valence electrons. The number of rotatable bonds is 6. The predicted molar refractivity (Wildman–Crippen MR) is 71.9 cm³/mol. The van der Waals surface area contributed by atoms with E-state index in [0.29, 0.717) is 6.61 Å². The molecule has 1 rings (SSSR count). The van der Waals surface area contributed by atoms with Gasteiger partial charge in [0.05, 0.1) is 7.11 Å². The molecule has 1 aromatic carbocycles. The molecular formula is C14H21NO3. The van der Waals surface area contributed by atoms with Crippen LogP contribution in [0.5, 0.6) is 5.75 Å². The highest BCUT2D eigenvalue weighted by molar-refractivity contribution is 5.96. The second kappa shape index (κ2) is 6.40. The Kier molecular flexibility index (Phi) is 5.16. The number of carbonyl (C=O) groups excluding carboxylic acids is 1. The highest BCUT2D eigenvalue weighted by Gasteiger charge is 2.28. The summed E-state index contributed by atoms with van der Waals surface area (Å²) >= 11 is 0. The molecule has 0 spiro atoms. The molecule has 0 heterocycles. The average molecular weight is 251 g/mol. The van der Waals surface area contributed by atoms with Crippen LogP contribution < -0.4 is 10.1 Å². The molecule has 0 radical (unpaired) electrons. The number of nitrogens with one attached hydrogen (secondary N) is 1. The maximum Gasteiger partial charge on any atom is 0.256 e. The van der Waals surface area contributed by atoms with Gasteiger partial charge in [-0.15, -0.1) is 0 Å². The molecule has 0 atom stereocenters. The first-order valence-electron chi connectivity index (χ1n) is 6.09.